The van der Waals surface area contributed by atoms with Crippen LogP contribution in [0, 0.1) is 11.6 Å². The highest BCUT2D eigenvalue weighted by Crippen LogP contribution is 2.33. The van der Waals surface area contributed by atoms with Gasteiger partial charge in [0, 0.05) is 31.5 Å². The number of benzene rings is 2. The van der Waals surface area contributed by atoms with Crippen LogP contribution in [0.2, 0.25) is 0 Å². The van der Waals surface area contributed by atoms with Gasteiger partial charge >= 0.3 is 0 Å². The van der Waals surface area contributed by atoms with Crippen molar-refractivity contribution < 1.29 is 8.78 Å². The molecule has 1 aliphatic heterocycles. The molecule has 0 radical (unpaired) electrons. The summed E-state index contributed by atoms with van der Waals surface area (Å²) in [5.74, 6) is -0.447. The summed E-state index contributed by atoms with van der Waals surface area (Å²) >= 11 is 0. The van der Waals surface area contributed by atoms with Crippen LogP contribution in [0.4, 0.5) is 8.78 Å². The molecule has 0 unspecified atom stereocenters. The molecule has 1 atom stereocenters. The number of aryl methyl sites for hydroxylation is 1. The van der Waals surface area contributed by atoms with Gasteiger partial charge < -0.3 is 4.57 Å². The molecule has 0 spiro atoms. The van der Waals surface area contributed by atoms with E-state index in [1.54, 1.807) is 12.1 Å². The van der Waals surface area contributed by atoms with Crippen LogP contribution < -0.4 is 0 Å². The van der Waals surface area contributed by atoms with Gasteiger partial charge in [0.2, 0.25) is 0 Å². The van der Waals surface area contributed by atoms with E-state index in [1.165, 1.54) is 23.9 Å². The van der Waals surface area contributed by atoms with Crippen molar-refractivity contribution in [2.45, 2.75) is 25.6 Å². The number of hydrogen-bond donors (Lipinski definition) is 0. The first kappa shape index (κ1) is 16.0. The first-order chi connectivity index (χ1) is 12.2. The van der Waals surface area contributed by atoms with Gasteiger partial charge in [0.15, 0.2) is 0 Å². The molecule has 4 heteroatoms. The summed E-state index contributed by atoms with van der Waals surface area (Å²) in [4.78, 5) is 2.35. The average molecular weight is 338 g/mol. The topological polar surface area (TPSA) is 8.17 Å². The van der Waals surface area contributed by atoms with Gasteiger partial charge in [0.05, 0.1) is 6.04 Å². The smallest absolute Gasteiger partial charge is 0.123 e. The molecule has 0 fully saturated rings. The predicted octanol–water partition coefficient (Wildman–Crippen LogP) is 4.76. The fourth-order valence-electron chi connectivity index (χ4n) is 3.69. The van der Waals surface area contributed by atoms with Crippen LogP contribution in [0.3, 0.4) is 0 Å². The average Bonchev–Trinajstić information content (AvgIpc) is 2.98. The molecular formula is C21H20F2N2. The highest BCUT2D eigenvalue weighted by Gasteiger charge is 2.27. The van der Waals surface area contributed by atoms with Crippen molar-refractivity contribution in [2.75, 3.05) is 6.54 Å². The molecule has 0 saturated carbocycles. The summed E-state index contributed by atoms with van der Waals surface area (Å²) in [6, 6.07) is 17.6. The molecule has 2 aromatic carbocycles. The van der Waals surface area contributed by atoms with Crippen molar-refractivity contribution in [1.82, 2.24) is 9.47 Å². The van der Waals surface area contributed by atoms with E-state index in [-0.39, 0.29) is 17.7 Å². The maximum absolute atomic E-state index is 13.9. The van der Waals surface area contributed by atoms with E-state index in [9.17, 15) is 8.78 Å². The van der Waals surface area contributed by atoms with E-state index in [4.69, 9.17) is 0 Å². The standard InChI is InChI=1S/C21H20F2N2/c22-18-9-7-16(8-10-18)15-25-13-3-12-24-11-2-6-20(24)21(25)17-4-1-5-19(23)14-17/h1-2,4-11,14,21H,3,12-13,15H2/t21-/m0/s1. The third-order valence-electron chi connectivity index (χ3n) is 4.82. The fourth-order valence-corrected chi connectivity index (χ4v) is 3.69. The maximum atomic E-state index is 13.9. The van der Waals surface area contributed by atoms with Crippen LogP contribution >= 0.6 is 0 Å². The van der Waals surface area contributed by atoms with Crippen molar-refractivity contribution in [1.29, 1.82) is 0 Å². The number of rotatable bonds is 3. The predicted molar refractivity (Wildman–Crippen MR) is 94.1 cm³/mol. The monoisotopic (exact) mass is 338 g/mol. The Kier molecular flexibility index (Phi) is 4.36. The Morgan fingerprint density at radius 1 is 0.880 bits per heavy atom. The number of halogens is 2. The van der Waals surface area contributed by atoms with Crippen LogP contribution in [0.25, 0.3) is 0 Å². The molecule has 128 valence electrons. The summed E-state index contributed by atoms with van der Waals surface area (Å²) < 4.78 is 29.3. The van der Waals surface area contributed by atoms with Crippen LogP contribution in [0.15, 0.2) is 66.9 Å². The Balaban J connectivity index is 1.74. The molecule has 1 aliphatic rings. The maximum Gasteiger partial charge on any atom is 0.123 e. The summed E-state index contributed by atoms with van der Waals surface area (Å²) in [6.45, 7) is 2.56. The van der Waals surface area contributed by atoms with Gasteiger partial charge in [-0.1, -0.05) is 24.3 Å². The Hall–Kier alpha value is -2.46. The zero-order valence-electron chi connectivity index (χ0n) is 13.9. The van der Waals surface area contributed by atoms with Gasteiger partial charge in [-0.3, -0.25) is 4.90 Å². The van der Waals surface area contributed by atoms with E-state index >= 15 is 0 Å². The largest absolute Gasteiger partial charge is 0.350 e. The minimum absolute atomic E-state index is 0.0155. The van der Waals surface area contributed by atoms with Crippen LogP contribution in [0.5, 0.6) is 0 Å². The first-order valence-corrected chi connectivity index (χ1v) is 8.60. The van der Waals surface area contributed by atoms with Gasteiger partial charge in [-0.25, -0.2) is 8.78 Å². The van der Waals surface area contributed by atoms with Crippen molar-refractivity contribution in [3.8, 4) is 0 Å². The molecule has 25 heavy (non-hydrogen) atoms. The second kappa shape index (κ2) is 6.81. The van der Waals surface area contributed by atoms with Crippen molar-refractivity contribution >= 4 is 0 Å². The summed E-state index contributed by atoms with van der Waals surface area (Å²) in [6.07, 6.45) is 3.11. The van der Waals surface area contributed by atoms with Crippen LogP contribution in [-0.4, -0.2) is 16.0 Å². The molecule has 0 saturated heterocycles. The minimum atomic E-state index is -0.227. The molecule has 2 heterocycles. The van der Waals surface area contributed by atoms with Crippen molar-refractivity contribution in [3.63, 3.8) is 0 Å². The summed E-state index contributed by atoms with van der Waals surface area (Å²) in [7, 11) is 0. The van der Waals surface area contributed by atoms with Gasteiger partial charge in [-0.15, -0.1) is 0 Å². The number of aromatic nitrogens is 1. The van der Waals surface area contributed by atoms with Gasteiger partial charge in [-0.05, 0) is 53.9 Å². The molecule has 0 aliphatic carbocycles. The molecule has 1 aromatic heterocycles. The lowest BCUT2D eigenvalue weighted by Gasteiger charge is -2.30. The van der Waals surface area contributed by atoms with E-state index < -0.39 is 0 Å². The molecule has 3 aromatic rings. The lowest BCUT2D eigenvalue weighted by molar-refractivity contribution is 0.220. The van der Waals surface area contributed by atoms with Crippen LogP contribution in [0.1, 0.15) is 29.3 Å². The molecule has 0 amide bonds. The van der Waals surface area contributed by atoms with Crippen molar-refractivity contribution in [2.24, 2.45) is 0 Å². The molecule has 0 N–H and O–H groups in total. The van der Waals surface area contributed by atoms with E-state index in [1.807, 2.05) is 24.3 Å². The van der Waals surface area contributed by atoms with E-state index in [0.717, 1.165) is 30.6 Å². The zero-order valence-corrected chi connectivity index (χ0v) is 13.9. The number of nitrogens with zero attached hydrogens (tertiary/aromatic N) is 2. The Morgan fingerprint density at radius 2 is 1.72 bits per heavy atom. The highest BCUT2D eigenvalue weighted by molar-refractivity contribution is 5.30. The Morgan fingerprint density at radius 3 is 2.52 bits per heavy atom. The number of hydrogen-bond acceptors (Lipinski definition) is 1. The third-order valence-corrected chi connectivity index (χ3v) is 4.82. The van der Waals surface area contributed by atoms with Gasteiger partial charge in [0.25, 0.3) is 0 Å². The summed E-state index contributed by atoms with van der Waals surface area (Å²) in [5, 5.41) is 0. The van der Waals surface area contributed by atoms with Gasteiger partial charge in [0.1, 0.15) is 11.6 Å². The van der Waals surface area contributed by atoms with Crippen molar-refractivity contribution in [3.05, 3.63) is 95.3 Å². The van der Waals surface area contributed by atoms with E-state index in [0.29, 0.717) is 6.54 Å². The first-order valence-electron chi connectivity index (χ1n) is 8.60. The van der Waals surface area contributed by atoms with E-state index in [2.05, 4.69) is 21.7 Å². The quantitative estimate of drug-likeness (QED) is 0.668. The normalized spacial score (nSPS) is 17.9. The zero-order chi connectivity index (χ0) is 17.2. The second-order valence-electron chi connectivity index (χ2n) is 6.53. The lowest BCUT2D eigenvalue weighted by atomic mass is 10.0. The summed E-state index contributed by atoms with van der Waals surface area (Å²) in [5.41, 5.74) is 3.18. The second-order valence-corrected chi connectivity index (χ2v) is 6.53. The number of fused-ring (bicyclic) bond motifs is 1. The minimum Gasteiger partial charge on any atom is -0.350 e. The Labute approximate surface area is 146 Å². The SMILES string of the molecule is Fc1ccc(CN2CCCn3cccc3[C@@H]2c2cccc(F)c2)cc1. The molecule has 2 nitrogen and oxygen atoms in total. The molecule has 4 rings (SSSR count). The van der Waals surface area contributed by atoms with Crippen LogP contribution in [-0.2, 0) is 13.1 Å². The Bertz CT molecular complexity index is 854. The lowest BCUT2D eigenvalue weighted by Crippen LogP contribution is -2.29. The highest BCUT2D eigenvalue weighted by atomic mass is 19.1. The third kappa shape index (κ3) is 3.35. The fraction of sp³-hybridized carbons (Fsp3) is 0.238. The van der Waals surface area contributed by atoms with Gasteiger partial charge in [-0.2, -0.15) is 0 Å². The molecule has 0 bridgehead atoms. The molecular weight excluding hydrogens is 318 g/mol.